The van der Waals surface area contributed by atoms with Crippen LogP contribution in [0.4, 0.5) is 0 Å². The van der Waals surface area contributed by atoms with E-state index in [1.165, 1.54) is 6.42 Å². The van der Waals surface area contributed by atoms with Crippen LogP contribution in [-0.2, 0) is 9.53 Å². The van der Waals surface area contributed by atoms with Gasteiger partial charge in [-0.05, 0) is 50.3 Å². The van der Waals surface area contributed by atoms with Gasteiger partial charge in [0.2, 0.25) is 0 Å². The minimum Gasteiger partial charge on any atom is -0.465 e. The molecule has 0 spiro atoms. The van der Waals surface area contributed by atoms with Crippen molar-refractivity contribution in [1.82, 2.24) is 5.32 Å². The van der Waals surface area contributed by atoms with Crippen LogP contribution in [0.3, 0.4) is 0 Å². The molecule has 0 aliphatic heterocycles. The Bertz CT molecular complexity index is 294. The van der Waals surface area contributed by atoms with Gasteiger partial charge in [0.25, 0.3) is 0 Å². The summed E-state index contributed by atoms with van der Waals surface area (Å²) in [4.78, 5) is 12.5. The molecular formula is C16H31NO2S. The van der Waals surface area contributed by atoms with Crippen LogP contribution in [0.1, 0.15) is 53.4 Å². The number of nitrogens with one attached hydrogen (secondary N) is 1. The zero-order valence-corrected chi connectivity index (χ0v) is 14.4. The fraction of sp³-hybridized carbons (Fsp3) is 0.938. The molecule has 0 radical (unpaired) electrons. The van der Waals surface area contributed by atoms with Gasteiger partial charge in [0.1, 0.15) is 5.54 Å². The van der Waals surface area contributed by atoms with Gasteiger partial charge in [-0.1, -0.05) is 27.2 Å². The molecule has 1 N–H and O–H groups in total. The lowest BCUT2D eigenvalue weighted by atomic mass is 9.95. The molecule has 1 aliphatic carbocycles. The summed E-state index contributed by atoms with van der Waals surface area (Å²) in [5.74, 6) is 3.12. The lowest BCUT2D eigenvalue weighted by Gasteiger charge is -2.33. The Morgan fingerprint density at radius 1 is 1.40 bits per heavy atom. The van der Waals surface area contributed by atoms with Crippen LogP contribution < -0.4 is 5.32 Å². The van der Waals surface area contributed by atoms with E-state index in [4.69, 9.17) is 4.74 Å². The van der Waals surface area contributed by atoms with Crippen LogP contribution in [-0.4, -0.2) is 36.2 Å². The van der Waals surface area contributed by atoms with E-state index in [0.717, 1.165) is 37.3 Å². The van der Waals surface area contributed by atoms with Crippen molar-refractivity contribution in [3.05, 3.63) is 0 Å². The second-order valence-corrected chi connectivity index (χ2v) is 6.95. The molecule has 0 aromatic rings. The summed E-state index contributed by atoms with van der Waals surface area (Å²) in [6.07, 6.45) is 4.55. The summed E-state index contributed by atoms with van der Waals surface area (Å²) in [5, 5.41) is 3.53. The highest BCUT2D eigenvalue weighted by Crippen LogP contribution is 2.42. The Balaban J connectivity index is 2.67. The molecule has 2 unspecified atom stereocenters. The molecule has 0 bridgehead atoms. The van der Waals surface area contributed by atoms with Gasteiger partial charge in [0.05, 0.1) is 6.61 Å². The highest BCUT2D eigenvalue weighted by atomic mass is 32.2. The van der Waals surface area contributed by atoms with Crippen molar-refractivity contribution < 1.29 is 9.53 Å². The van der Waals surface area contributed by atoms with Gasteiger partial charge >= 0.3 is 5.97 Å². The van der Waals surface area contributed by atoms with Crippen molar-refractivity contribution in [2.24, 2.45) is 11.8 Å². The van der Waals surface area contributed by atoms with Crippen molar-refractivity contribution in [2.75, 3.05) is 24.7 Å². The quantitative estimate of drug-likeness (QED) is 0.593. The SMILES string of the molecule is CCCNC(CSCC(C)CC)(C(=O)OCC)C1CC1. The smallest absolute Gasteiger partial charge is 0.327 e. The highest BCUT2D eigenvalue weighted by Gasteiger charge is 2.51. The average Bonchev–Trinajstić information content (AvgIpc) is 3.27. The van der Waals surface area contributed by atoms with Crippen LogP contribution in [0.25, 0.3) is 0 Å². The lowest BCUT2D eigenvalue weighted by Crippen LogP contribution is -2.57. The maximum Gasteiger partial charge on any atom is 0.327 e. The van der Waals surface area contributed by atoms with E-state index in [-0.39, 0.29) is 5.97 Å². The monoisotopic (exact) mass is 301 g/mol. The molecule has 0 aromatic carbocycles. The van der Waals surface area contributed by atoms with E-state index in [0.29, 0.717) is 18.4 Å². The Hall–Kier alpha value is -0.220. The largest absolute Gasteiger partial charge is 0.465 e. The molecule has 1 rings (SSSR count). The molecule has 1 fully saturated rings. The van der Waals surface area contributed by atoms with Gasteiger partial charge in [0.15, 0.2) is 0 Å². The van der Waals surface area contributed by atoms with Gasteiger partial charge in [-0.2, -0.15) is 11.8 Å². The maximum absolute atomic E-state index is 12.5. The van der Waals surface area contributed by atoms with E-state index in [2.05, 4.69) is 26.1 Å². The second kappa shape index (κ2) is 8.93. The molecule has 1 saturated carbocycles. The number of carbonyl (C=O) groups excluding carboxylic acids is 1. The Labute approximate surface area is 128 Å². The van der Waals surface area contributed by atoms with Crippen LogP contribution in [0.5, 0.6) is 0 Å². The van der Waals surface area contributed by atoms with Crippen molar-refractivity contribution in [3.63, 3.8) is 0 Å². The number of hydrogen-bond donors (Lipinski definition) is 1. The first-order valence-corrected chi connectivity index (χ1v) is 9.26. The van der Waals surface area contributed by atoms with E-state index >= 15 is 0 Å². The third-order valence-corrected chi connectivity index (χ3v) is 5.50. The normalized spacial score (nSPS) is 19.4. The van der Waals surface area contributed by atoms with E-state index in [1.54, 1.807) is 0 Å². The predicted molar refractivity (Wildman–Crippen MR) is 87.2 cm³/mol. The molecule has 0 saturated heterocycles. The fourth-order valence-electron chi connectivity index (χ4n) is 2.33. The number of rotatable bonds is 11. The van der Waals surface area contributed by atoms with Crippen LogP contribution in [0.2, 0.25) is 0 Å². The molecule has 0 aromatic heterocycles. The number of esters is 1. The number of ether oxygens (including phenoxy) is 1. The van der Waals surface area contributed by atoms with Gasteiger partial charge in [0, 0.05) is 5.75 Å². The summed E-state index contributed by atoms with van der Waals surface area (Å²) in [6, 6.07) is 0. The number of carbonyl (C=O) groups is 1. The Morgan fingerprint density at radius 2 is 2.10 bits per heavy atom. The minimum absolute atomic E-state index is 0.0346. The highest BCUT2D eigenvalue weighted by molar-refractivity contribution is 7.99. The van der Waals surface area contributed by atoms with Crippen LogP contribution in [0.15, 0.2) is 0 Å². The molecular weight excluding hydrogens is 270 g/mol. The van der Waals surface area contributed by atoms with E-state index in [1.807, 2.05) is 18.7 Å². The first kappa shape index (κ1) is 17.8. The number of thioether (sulfide) groups is 1. The molecule has 2 atom stereocenters. The van der Waals surface area contributed by atoms with Gasteiger partial charge in [-0.15, -0.1) is 0 Å². The summed E-state index contributed by atoms with van der Waals surface area (Å²) < 4.78 is 5.37. The first-order valence-electron chi connectivity index (χ1n) is 8.10. The Kier molecular flexibility index (Phi) is 7.96. The zero-order chi connectivity index (χ0) is 15.0. The maximum atomic E-state index is 12.5. The summed E-state index contributed by atoms with van der Waals surface area (Å²) >= 11 is 1.90. The van der Waals surface area contributed by atoms with Crippen molar-refractivity contribution in [1.29, 1.82) is 0 Å². The number of hydrogen-bond acceptors (Lipinski definition) is 4. The minimum atomic E-state index is -0.440. The predicted octanol–water partition coefficient (Wildman–Crippen LogP) is 3.48. The van der Waals surface area contributed by atoms with Gasteiger partial charge in [-0.3, -0.25) is 4.79 Å². The molecule has 3 nitrogen and oxygen atoms in total. The first-order chi connectivity index (χ1) is 9.60. The van der Waals surface area contributed by atoms with Gasteiger partial charge in [-0.25, -0.2) is 0 Å². The third-order valence-electron chi connectivity index (χ3n) is 4.03. The molecule has 0 heterocycles. The van der Waals surface area contributed by atoms with E-state index in [9.17, 15) is 4.79 Å². The van der Waals surface area contributed by atoms with Crippen LogP contribution in [0, 0.1) is 11.8 Å². The van der Waals surface area contributed by atoms with Crippen molar-refractivity contribution >= 4 is 17.7 Å². The lowest BCUT2D eigenvalue weighted by molar-refractivity contribution is -0.151. The molecule has 4 heteroatoms. The fourth-order valence-corrected chi connectivity index (χ4v) is 3.87. The van der Waals surface area contributed by atoms with Gasteiger partial charge < -0.3 is 10.1 Å². The summed E-state index contributed by atoms with van der Waals surface area (Å²) in [5.41, 5.74) is -0.440. The van der Waals surface area contributed by atoms with E-state index < -0.39 is 5.54 Å². The summed E-state index contributed by atoms with van der Waals surface area (Å²) in [6.45, 7) is 9.88. The summed E-state index contributed by atoms with van der Waals surface area (Å²) in [7, 11) is 0. The van der Waals surface area contributed by atoms with Crippen LogP contribution >= 0.6 is 11.8 Å². The third kappa shape index (κ3) is 4.96. The zero-order valence-electron chi connectivity index (χ0n) is 13.5. The molecule has 118 valence electrons. The topological polar surface area (TPSA) is 38.3 Å². The van der Waals surface area contributed by atoms with Crippen molar-refractivity contribution in [3.8, 4) is 0 Å². The molecule has 1 aliphatic rings. The second-order valence-electron chi connectivity index (χ2n) is 5.92. The molecule has 20 heavy (non-hydrogen) atoms. The van der Waals surface area contributed by atoms with Crippen molar-refractivity contribution in [2.45, 2.75) is 58.9 Å². The molecule has 0 amide bonds. The Morgan fingerprint density at radius 3 is 2.60 bits per heavy atom. The average molecular weight is 301 g/mol. The standard InChI is InChI=1S/C16H31NO2S/c1-5-10-17-16(14-8-9-14,15(18)19-7-3)12-20-11-13(4)6-2/h13-14,17H,5-12H2,1-4H3.